The van der Waals surface area contributed by atoms with Gasteiger partial charge in [0.2, 0.25) is 23.5 Å². The number of aromatic nitrogens is 4. The minimum absolute atomic E-state index is 0.0627. The van der Waals surface area contributed by atoms with Crippen LogP contribution in [-0.2, 0) is 25.7 Å². The van der Waals surface area contributed by atoms with Crippen LogP contribution in [0.1, 0.15) is 31.6 Å². The summed E-state index contributed by atoms with van der Waals surface area (Å²) in [4.78, 5) is 66.0. The number of nitrogens with zero attached hydrogens (tertiary/aromatic N) is 6. The Kier molecular flexibility index (Phi) is 5.95. The van der Waals surface area contributed by atoms with E-state index < -0.39 is 29.7 Å². The van der Waals surface area contributed by atoms with Gasteiger partial charge in [-0.25, -0.2) is 0 Å². The van der Waals surface area contributed by atoms with E-state index in [4.69, 9.17) is 16.1 Å². The Labute approximate surface area is 220 Å². The molecule has 12 nitrogen and oxygen atoms in total. The fourth-order valence-electron chi connectivity index (χ4n) is 4.99. The lowest BCUT2D eigenvalue weighted by atomic mass is 10.0. The van der Waals surface area contributed by atoms with Crippen molar-refractivity contribution in [3.05, 3.63) is 59.0 Å². The first-order chi connectivity index (χ1) is 18.4. The highest BCUT2D eigenvalue weighted by atomic mass is 35.5. The van der Waals surface area contributed by atoms with Gasteiger partial charge in [0.1, 0.15) is 11.7 Å². The molecule has 1 N–H and O–H groups in total. The molecule has 0 saturated carbocycles. The van der Waals surface area contributed by atoms with Crippen LogP contribution in [0.2, 0.25) is 5.02 Å². The second kappa shape index (κ2) is 9.45. The third-order valence-corrected chi connectivity index (χ3v) is 7.16. The molecule has 1 fully saturated rings. The van der Waals surface area contributed by atoms with Crippen molar-refractivity contribution in [3.8, 4) is 22.6 Å². The maximum atomic E-state index is 13.4. The van der Waals surface area contributed by atoms with Crippen molar-refractivity contribution in [2.45, 2.75) is 38.3 Å². The molecule has 2 aromatic heterocycles. The van der Waals surface area contributed by atoms with Gasteiger partial charge in [-0.3, -0.25) is 39.4 Å². The quantitative estimate of drug-likeness (QED) is 0.481. The number of imide groups is 2. The molecular weight excluding hydrogens is 514 g/mol. The fraction of sp³-hybridized carbons (Fsp3) is 0.280. The summed E-state index contributed by atoms with van der Waals surface area (Å²) in [6.45, 7) is 0.581. The first-order valence-electron chi connectivity index (χ1n) is 12.0. The maximum absolute atomic E-state index is 13.4. The van der Waals surface area contributed by atoms with Gasteiger partial charge in [-0.05, 0) is 25.3 Å². The average Bonchev–Trinajstić information content (AvgIpc) is 3.48. The van der Waals surface area contributed by atoms with E-state index in [0.29, 0.717) is 46.8 Å². The highest BCUT2D eigenvalue weighted by Crippen LogP contribution is 2.36. The van der Waals surface area contributed by atoms with Gasteiger partial charge in [0, 0.05) is 42.1 Å². The molecule has 5 heterocycles. The Morgan fingerprint density at radius 1 is 1.08 bits per heavy atom. The average molecular weight is 534 g/mol. The molecule has 1 aromatic carbocycles. The molecule has 1 saturated heterocycles. The Morgan fingerprint density at radius 2 is 1.92 bits per heavy atom. The number of piperidine rings is 1. The molecule has 3 aromatic rings. The molecule has 0 spiro atoms. The Balaban J connectivity index is 1.24. The van der Waals surface area contributed by atoms with Gasteiger partial charge in [-0.15, -0.1) is 0 Å². The van der Waals surface area contributed by atoms with Crippen LogP contribution >= 0.6 is 11.6 Å². The molecule has 0 bridgehead atoms. The summed E-state index contributed by atoms with van der Waals surface area (Å²) in [5.41, 5.74) is 2.39. The predicted molar refractivity (Wildman–Crippen MR) is 130 cm³/mol. The van der Waals surface area contributed by atoms with Crippen molar-refractivity contribution in [2.24, 2.45) is 0 Å². The van der Waals surface area contributed by atoms with Crippen molar-refractivity contribution in [1.29, 1.82) is 0 Å². The van der Waals surface area contributed by atoms with Crippen LogP contribution in [0, 0.1) is 0 Å². The molecule has 1 atom stereocenters. The van der Waals surface area contributed by atoms with Gasteiger partial charge in [-0.1, -0.05) is 28.9 Å². The van der Waals surface area contributed by atoms with Crippen molar-refractivity contribution in [1.82, 2.24) is 35.2 Å². The van der Waals surface area contributed by atoms with E-state index in [1.807, 2.05) is 6.07 Å². The SMILES string of the molecule is O=C1CCC(N2C(=O)C3=C(C2=O)N(Cc2nc(-c4cccc(-c5cnccn5)c4Cl)no2)CCC3)C(=O)N1. The highest BCUT2D eigenvalue weighted by Gasteiger charge is 2.48. The zero-order valence-electron chi connectivity index (χ0n) is 19.9. The number of nitrogens with one attached hydrogen (secondary N) is 1. The van der Waals surface area contributed by atoms with Crippen LogP contribution in [0.15, 0.2) is 52.6 Å². The second-order valence-electron chi connectivity index (χ2n) is 9.07. The molecule has 192 valence electrons. The highest BCUT2D eigenvalue weighted by molar-refractivity contribution is 6.35. The van der Waals surface area contributed by atoms with Gasteiger partial charge in [0.05, 0.1) is 23.5 Å². The zero-order chi connectivity index (χ0) is 26.4. The van der Waals surface area contributed by atoms with Crippen molar-refractivity contribution >= 4 is 35.2 Å². The molecule has 6 rings (SSSR count). The summed E-state index contributed by atoms with van der Waals surface area (Å²) in [6, 6.07) is 4.36. The number of amides is 4. The van der Waals surface area contributed by atoms with Gasteiger partial charge in [-0.2, -0.15) is 4.98 Å². The number of carbonyl (C=O) groups is 4. The lowest BCUT2D eigenvalue weighted by Gasteiger charge is -2.29. The van der Waals surface area contributed by atoms with Gasteiger partial charge in [0.25, 0.3) is 11.8 Å². The van der Waals surface area contributed by atoms with Crippen LogP contribution in [0.3, 0.4) is 0 Å². The Hall–Kier alpha value is -4.45. The van der Waals surface area contributed by atoms with Crippen LogP contribution in [-0.4, -0.2) is 66.1 Å². The van der Waals surface area contributed by atoms with Gasteiger partial charge in [0.15, 0.2) is 0 Å². The van der Waals surface area contributed by atoms with E-state index in [9.17, 15) is 19.2 Å². The molecule has 38 heavy (non-hydrogen) atoms. The van der Waals surface area contributed by atoms with Crippen LogP contribution in [0.25, 0.3) is 22.6 Å². The van der Waals surface area contributed by atoms with Crippen LogP contribution in [0.4, 0.5) is 0 Å². The van der Waals surface area contributed by atoms with Gasteiger partial charge >= 0.3 is 0 Å². The Morgan fingerprint density at radius 3 is 2.71 bits per heavy atom. The molecule has 3 aliphatic rings. The topological polar surface area (TPSA) is 151 Å². The maximum Gasteiger partial charge on any atom is 0.278 e. The Bertz CT molecular complexity index is 1520. The molecule has 13 heteroatoms. The van der Waals surface area contributed by atoms with Crippen LogP contribution in [0.5, 0.6) is 0 Å². The summed E-state index contributed by atoms with van der Waals surface area (Å²) in [6.07, 6.45) is 5.96. The molecule has 3 aliphatic heterocycles. The summed E-state index contributed by atoms with van der Waals surface area (Å²) in [5.74, 6) is -1.62. The fourth-order valence-corrected chi connectivity index (χ4v) is 5.30. The van der Waals surface area contributed by atoms with E-state index in [0.717, 1.165) is 4.90 Å². The van der Waals surface area contributed by atoms with E-state index in [2.05, 4.69) is 25.4 Å². The lowest BCUT2D eigenvalue weighted by molar-refractivity contribution is -0.150. The number of hydrogen-bond acceptors (Lipinski definition) is 10. The molecule has 4 amide bonds. The normalized spacial score (nSPS) is 19.8. The molecule has 0 aliphatic carbocycles. The number of carbonyl (C=O) groups excluding carboxylic acids is 4. The minimum atomic E-state index is -1.01. The molecule has 0 radical (unpaired) electrons. The zero-order valence-corrected chi connectivity index (χ0v) is 20.6. The standard InChI is InChI=1S/C25H20ClN7O5/c26-20-13(16-11-27-8-9-28-16)3-1-4-14(20)22-30-19(38-31-22)12-32-10-2-5-15-21(32)25(37)33(24(15)36)17-6-7-18(34)29-23(17)35/h1,3-4,8-9,11,17H,2,5-7,10,12H2,(H,29,34,35). The summed E-state index contributed by atoms with van der Waals surface area (Å²) < 4.78 is 5.48. The van der Waals surface area contributed by atoms with Crippen molar-refractivity contribution in [2.75, 3.05) is 6.54 Å². The lowest BCUT2D eigenvalue weighted by Crippen LogP contribution is -2.55. The third-order valence-electron chi connectivity index (χ3n) is 6.75. The summed E-state index contributed by atoms with van der Waals surface area (Å²) in [5, 5.41) is 6.67. The van der Waals surface area contributed by atoms with E-state index in [1.165, 1.54) is 0 Å². The van der Waals surface area contributed by atoms with Gasteiger partial charge < -0.3 is 9.42 Å². The first-order valence-corrected chi connectivity index (χ1v) is 12.4. The van der Waals surface area contributed by atoms with E-state index in [-0.39, 0.29) is 36.8 Å². The number of benzene rings is 1. The third kappa shape index (κ3) is 4.02. The van der Waals surface area contributed by atoms with E-state index in [1.54, 1.807) is 35.6 Å². The molecular formula is C25H20ClN7O5. The predicted octanol–water partition coefficient (Wildman–Crippen LogP) is 1.87. The largest absolute Gasteiger partial charge is 0.357 e. The monoisotopic (exact) mass is 533 g/mol. The number of rotatable bonds is 5. The second-order valence-corrected chi connectivity index (χ2v) is 9.45. The van der Waals surface area contributed by atoms with E-state index >= 15 is 0 Å². The van der Waals surface area contributed by atoms with Crippen LogP contribution < -0.4 is 5.32 Å². The number of halogens is 1. The van der Waals surface area contributed by atoms with Crippen molar-refractivity contribution in [3.63, 3.8) is 0 Å². The number of hydrogen-bond donors (Lipinski definition) is 1. The first kappa shape index (κ1) is 23.9. The molecule has 1 unspecified atom stereocenters. The minimum Gasteiger partial charge on any atom is -0.357 e. The van der Waals surface area contributed by atoms with Crippen molar-refractivity contribution < 1.29 is 23.7 Å². The smallest absolute Gasteiger partial charge is 0.278 e. The summed E-state index contributed by atoms with van der Waals surface area (Å²) in [7, 11) is 0. The summed E-state index contributed by atoms with van der Waals surface area (Å²) >= 11 is 6.65.